The molecule has 0 aliphatic carbocycles. The van der Waals surface area contributed by atoms with Gasteiger partial charge in [-0.05, 0) is 51.8 Å². The summed E-state index contributed by atoms with van der Waals surface area (Å²) in [5.41, 5.74) is 2.11. The molecule has 0 fully saturated rings. The molecule has 2 N–H and O–H groups in total. The van der Waals surface area contributed by atoms with Gasteiger partial charge in [0.05, 0.1) is 0 Å². The van der Waals surface area contributed by atoms with Crippen LogP contribution < -0.4 is 5.32 Å². The number of carboxylic acid groups (broad SMARTS) is 1. The smallest absolute Gasteiger partial charge is 0.323 e. The largest absolute Gasteiger partial charge is 0.480 e. The summed E-state index contributed by atoms with van der Waals surface area (Å²) in [6.07, 6.45) is 0. The number of aliphatic carboxylic acids is 1. The van der Waals surface area contributed by atoms with Crippen molar-refractivity contribution in [2.45, 2.75) is 40.2 Å². The Morgan fingerprint density at radius 1 is 1.25 bits per heavy atom. The Balaban J connectivity index is 2.96. The van der Waals surface area contributed by atoms with E-state index in [2.05, 4.69) is 5.32 Å². The van der Waals surface area contributed by atoms with E-state index in [0.29, 0.717) is 5.69 Å². The Labute approximate surface area is 119 Å². The summed E-state index contributed by atoms with van der Waals surface area (Å²) in [4.78, 5) is 24.5. The van der Waals surface area contributed by atoms with Gasteiger partial charge in [-0.1, -0.05) is 12.1 Å². The number of benzene rings is 1. The molecule has 2 amide bonds. The highest BCUT2D eigenvalue weighted by molar-refractivity contribution is 5.92. The number of carbonyl (C=O) groups is 2. The van der Waals surface area contributed by atoms with E-state index in [0.717, 1.165) is 11.1 Å². The number of hydrogen-bond donors (Lipinski definition) is 2. The van der Waals surface area contributed by atoms with Gasteiger partial charge in [0.1, 0.15) is 6.54 Å². The number of carbonyl (C=O) groups excluding carboxylic acids is 1. The van der Waals surface area contributed by atoms with E-state index >= 15 is 0 Å². The number of nitrogens with one attached hydrogen (secondary N) is 1. The predicted octanol–water partition coefficient (Wildman–Crippen LogP) is 3.02. The summed E-state index contributed by atoms with van der Waals surface area (Å²) < 4.78 is 0. The maximum Gasteiger partial charge on any atom is 0.323 e. The summed E-state index contributed by atoms with van der Waals surface area (Å²) in [5.74, 6) is -1.03. The normalized spacial score (nSPS) is 11.1. The van der Waals surface area contributed by atoms with Crippen LogP contribution in [0.3, 0.4) is 0 Å². The second kappa shape index (κ2) is 5.94. The van der Waals surface area contributed by atoms with Crippen LogP contribution in [0.5, 0.6) is 0 Å². The molecule has 0 aliphatic rings. The van der Waals surface area contributed by atoms with E-state index < -0.39 is 17.5 Å². The van der Waals surface area contributed by atoms with Gasteiger partial charge in [-0.15, -0.1) is 0 Å². The number of aryl methyl sites for hydroxylation is 2. The van der Waals surface area contributed by atoms with Crippen molar-refractivity contribution >= 4 is 17.7 Å². The van der Waals surface area contributed by atoms with Crippen LogP contribution in [0.4, 0.5) is 10.5 Å². The van der Waals surface area contributed by atoms with Gasteiger partial charge in [0.2, 0.25) is 0 Å². The van der Waals surface area contributed by atoms with E-state index in [4.69, 9.17) is 5.11 Å². The third-order valence-corrected chi connectivity index (χ3v) is 2.98. The second-order valence-electron chi connectivity index (χ2n) is 5.90. The van der Waals surface area contributed by atoms with E-state index in [9.17, 15) is 9.59 Å². The molecule has 5 nitrogen and oxygen atoms in total. The lowest BCUT2D eigenvalue weighted by atomic mass is 10.1. The van der Waals surface area contributed by atoms with Gasteiger partial charge >= 0.3 is 12.0 Å². The SMILES string of the molecule is Cc1ccc(C)c(NC(=O)N(CC(=O)O)C(C)(C)C)c1. The molecule has 0 saturated carbocycles. The summed E-state index contributed by atoms with van der Waals surface area (Å²) in [6, 6.07) is 5.34. The lowest BCUT2D eigenvalue weighted by Crippen LogP contribution is -2.50. The Kier molecular flexibility index (Phi) is 4.76. The van der Waals surface area contributed by atoms with Crippen molar-refractivity contribution in [3.63, 3.8) is 0 Å². The molecule has 0 heterocycles. The summed E-state index contributed by atoms with van der Waals surface area (Å²) in [7, 11) is 0. The van der Waals surface area contributed by atoms with Gasteiger partial charge in [0.25, 0.3) is 0 Å². The number of carboxylic acids is 1. The van der Waals surface area contributed by atoms with Crippen molar-refractivity contribution in [3.05, 3.63) is 29.3 Å². The highest BCUT2D eigenvalue weighted by atomic mass is 16.4. The average molecular weight is 278 g/mol. The molecule has 0 unspecified atom stereocenters. The highest BCUT2D eigenvalue weighted by Crippen LogP contribution is 2.19. The van der Waals surface area contributed by atoms with E-state index in [1.54, 1.807) is 20.8 Å². The van der Waals surface area contributed by atoms with Crippen LogP contribution >= 0.6 is 0 Å². The van der Waals surface area contributed by atoms with Crippen molar-refractivity contribution in [2.75, 3.05) is 11.9 Å². The minimum absolute atomic E-state index is 0.333. The zero-order chi connectivity index (χ0) is 15.5. The van der Waals surface area contributed by atoms with Crippen LogP contribution in [-0.2, 0) is 4.79 Å². The van der Waals surface area contributed by atoms with Crippen molar-refractivity contribution in [3.8, 4) is 0 Å². The number of amides is 2. The lowest BCUT2D eigenvalue weighted by molar-refractivity contribution is -0.138. The van der Waals surface area contributed by atoms with Gasteiger partial charge < -0.3 is 15.3 Å². The number of anilines is 1. The average Bonchev–Trinajstić information content (AvgIpc) is 2.29. The van der Waals surface area contributed by atoms with Crippen LogP contribution in [0, 0.1) is 13.8 Å². The monoisotopic (exact) mass is 278 g/mol. The third-order valence-electron chi connectivity index (χ3n) is 2.98. The number of nitrogens with zero attached hydrogens (tertiary/aromatic N) is 1. The highest BCUT2D eigenvalue weighted by Gasteiger charge is 2.28. The third kappa shape index (κ3) is 4.26. The standard InChI is InChI=1S/C15H22N2O3/c1-10-6-7-11(2)12(8-10)16-14(20)17(9-13(18)19)15(3,4)5/h6-8H,9H2,1-5H3,(H,16,20)(H,18,19). The molecule has 0 atom stereocenters. The molecule has 110 valence electrons. The Morgan fingerprint density at radius 3 is 2.35 bits per heavy atom. The number of hydrogen-bond acceptors (Lipinski definition) is 2. The Morgan fingerprint density at radius 2 is 1.85 bits per heavy atom. The molecule has 5 heteroatoms. The summed E-state index contributed by atoms with van der Waals surface area (Å²) in [6.45, 7) is 8.91. The topological polar surface area (TPSA) is 69.6 Å². The first-order valence-corrected chi connectivity index (χ1v) is 6.49. The Bertz CT molecular complexity index is 518. The lowest BCUT2D eigenvalue weighted by Gasteiger charge is -2.34. The molecule has 1 aromatic carbocycles. The maximum absolute atomic E-state index is 12.3. The Hall–Kier alpha value is -2.04. The fourth-order valence-electron chi connectivity index (χ4n) is 1.80. The fourth-order valence-corrected chi connectivity index (χ4v) is 1.80. The minimum atomic E-state index is -1.03. The second-order valence-corrected chi connectivity index (χ2v) is 5.90. The van der Waals surface area contributed by atoms with E-state index in [1.807, 2.05) is 32.0 Å². The van der Waals surface area contributed by atoms with Gasteiger partial charge in [-0.3, -0.25) is 4.79 Å². The van der Waals surface area contributed by atoms with Crippen LogP contribution in [0.25, 0.3) is 0 Å². The molecular formula is C15H22N2O3. The molecule has 0 bridgehead atoms. The van der Waals surface area contributed by atoms with Crippen molar-refractivity contribution in [1.29, 1.82) is 0 Å². The first kappa shape index (κ1) is 16.0. The summed E-state index contributed by atoms with van der Waals surface area (Å²) >= 11 is 0. The van der Waals surface area contributed by atoms with Crippen molar-refractivity contribution in [1.82, 2.24) is 4.90 Å². The van der Waals surface area contributed by atoms with Crippen molar-refractivity contribution < 1.29 is 14.7 Å². The van der Waals surface area contributed by atoms with Crippen molar-refractivity contribution in [2.24, 2.45) is 0 Å². The van der Waals surface area contributed by atoms with Crippen LogP contribution in [0.1, 0.15) is 31.9 Å². The number of urea groups is 1. The molecule has 0 saturated heterocycles. The van der Waals surface area contributed by atoms with Gasteiger partial charge in [-0.2, -0.15) is 0 Å². The zero-order valence-corrected chi connectivity index (χ0v) is 12.7. The number of rotatable bonds is 3. The first-order valence-electron chi connectivity index (χ1n) is 6.49. The molecule has 0 aliphatic heterocycles. The van der Waals surface area contributed by atoms with Crippen LogP contribution in [0.2, 0.25) is 0 Å². The van der Waals surface area contributed by atoms with Crippen LogP contribution in [-0.4, -0.2) is 34.1 Å². The zero-order valence-electron chi connectivity index (χ0n) is 12.7. The molecule has 1 aromatic rings. The van der Waals surface area contributed by atoms with Crippen LogP contribution in [0.15, 0.2) is 18.2 Å². The molecule has 1 rings (SSSR count). The first-order chi connectivity index (χ1) is 9.11. The van der Waals surface area contributed by atoms with Gasteiger partial charge in [0, 0.05) is 11.2 Å². The molecule has 0 aromatic heterocycles. The van der Waals surface area contributed by atoms with E-state index in [-0.39, 0.29) is 6.54 Å². The molecule has 0 radical (unpaired) electrons. The van der Waals surface area contributed by atoms with E-state index in [1.165, 1.54) is 4.90 Å². The predicted molar refractivity (Wildman–Crippen MR) is 79.0 cm³/mol. The quantitative estimate of drug-likeness (QED) is 0.893. The maximum atomic E-state index is 12.3. The molecular weight excluding hydrogens is 256 g/mol. The fraction of sp³-hybridized carbons (Fsp3) is 0.467. The van der Waals surface area contributed by atoms with Gasteiger partial charge in [0.15, 0.2) is 0 Å². The molecule has 20 heavy (non-hydrogen) atoms. The minimum Gasteiger partial charge on any atom is -0.480 e. The molecule has 0 spiro atoms. The van der Waals surface area contributed by atoms with Gasteiger partial charge in [-0.25, -0.2) is 4.79 Å². The summed E-state index contributed by atoms with van der Waals surface area (Å²) in [5, 5.41) is 11.7.